The van der Waals surface area contributed by atoms with Crippen molar-refractivity contribution in [3.05, 3.63) is 0 Å². The van der Waals surface area contributed by atoms with Crippen LogP contribution in [0.15, 0.2) is 0 Å². The average Bonchev–Trinajstić information content (AvgIpc) is 2.37. The average molecular weight is 267 g/mol. The lowest BCUT2D eigenvalue weighted by molar-refractivity contribution is -0.141. The van der Waals surface area contributed by atoms with E-state index in [0.29, 0.717) is 23.9 Å². The van der Waals surface area contributed by atoms with Gasteiger partial charge in [0.05, 0.1) is 5.92 Å². The molecule has 1 saturated heterocycles. The van der Waals surface area contributed by atoms with Gasteiger partial charge in [0.15, 0.2) is 0 Å². The Bertz CT molecular complexity index is 321. The molecule has 2 rings (SSSR count). The van der Waals surface area contributed by atoms with Crippen molar-refractivity contribution in [2.24, 2.45) is 17.6 Å². The molecule has 1 amide bonds. The molecule has 0 spiro atoms. The topological polar surface area (TPSA) is 49.6 Å². The molecule has 2 fully saturated rings. The number of amides is 1. The first-order chi connectivity index (χ1) is 8.90. The number of rotatable bonds is 1. The molecular formula is C15H29N3O. The number of carbonyl (C=O) groups is 1. The lowest BCUT2D eigenvalue weighted by Gasteiger charge is -2.44. The molecule has 0 aromatic carbocycles. The van der Waals surface area contributed by atoms with E-state index in [0.717, 1.165) is 25.9 Å². The molecule has 19 heavy (non-hydrogen) atoms. The zero-order valence-electron chi connectivity index (χ0n) is 12.8. The number of likely N-dealkylation sites (N-methyl/N-ethyl adjacent to an activating group) is 1. The third-order valence-electron chi connectivity index (χ3n) is 5.15. The molecule has 5 atom stereocenters. The van der Waals surface area contributed by atoms with E-state index < -0.39 is 0 Å². The van der Waals surface area contributed by atoms with Gasteiger partial charge in [-0.3, -0.25) is 9.69 Å². The Labute approximate surface area is 117 Å². The minimum Gasteiger partial charge on any atom is -0.339 e. The van der Waals surface area contributed by atoms with Gasteiger partial charge in [-0.2, -0.15) is 0 Å². The molecule has 0 aromatic heterocycles. The number of piperazine rings is 1. The Balaban J connectivity index is 2.02. The zero-order chi connectivity index (χ0) is 14.2. The Morgan fingerprint density at radius 3 is 2.26 bits per heavy atom. The second kappa shape index (κ2) is 5.80. The largest absolute Gasteiger partial charge is 0.339 e. The van der Waals surface area contributed by atoms with Gasteiger partial charge in [0.1, 0.15) is 0 Å². The minimum atomic E-state index is 0.0477. The first kappa shape index (κ1) is 14.8. The van der Waals surface area contributed by atoms with Crippen LogP contribution in [-0.2, 0) is 4.79 Å². The van der Waals surface area contributed by atoms with Gasteiger partial charge in [0, 0.05) is 31.2 Å². The van der Waals surface area contributed by atoms with Gasteiger partial charge in [-0.15, -0.1) is 0 Å². The summed E-state index contributed by atoms with van der Waals surface area (Å²) in [5.41, 5.74) is 6.19. The van der Waals surface area contributed by atoms with Crippen molar-refractivity contribution in [2.75, 3.05) is 20.1 Å². The van der Waals surface area contributed by atoms with E-state index in [1.165, 1.54) is 6.42 Å². The van der Waals surface area contributed by atoms with Crippen molar-refractivity contribution >= 4 is 5.91 Å². The van der Waals surface area contributed by atoms with E-state index in [1.807, 2.05) is 0 Å². The summed E-state index contributed by atoms with van der Waals surface area (Å²) in [5.74, 6) is 0.980. The summed E-state index contributed by atoms with van der Waals surface area (Å²) in [4.78, 5) is 17.1. The number of nitrogens with two attached hydrogens (primary N) is 1. The summed E-state index contributed by atoms with van der Waals surface area (Å²) in [7, 11) is 2.14. The molecule has 1 heterocycles. The van der Waals surface area contributed by atoms with Gasteiger partial charge in [-0.1, -0.05) is 6.92 Å². The van der Waals surface area contributed by atoms with E-state index in [-0.39, 0.29) is 12.0 Å². The van der Waals surface area contributed by atoms with Gasteiger partial charge >= 0.3 is 0 Å². The maximum absolute atomic E-state index is 12.7. The summed E-state index contributed by atoms with van der Waals surface area (Å²) >= 11 is 0. The van der Waals surface area contributed by atoms with Crippen LogP contribution in [0.25, 0.3) is 0 Å². The zero-order valence-corrected chi connectivity index (χ0v) is 12.8. The van der Waals surface area contributed by atoms with Gasteiger partial charge in [0.2, 0.25) is 5.91 Å². The first-order valence-electron chi connectivity index (χ1n) is 7.66. The molecule has 1 aliphatic heterocycles. The van der Waals surface area contributed by atoms with Crippen molar-refractivity contribution in [2.45, 2.75) is 58.2 Å². The monoisotopic (exact) mass is 267 g/mol. The Kier molecular flexibility index (Phi) is 4.51. The van der Waals surface area contributed by atoms with Crippen LogP contribution in [-0.4, -0.2) is 54.0 Å². The van der Waals surface area contributed by atoms with Crippen molar-refractivity contribution in [3.63, 3.8) is 0 Å². The van der Waals surface area contributed by atoms with Crippen molar-refractivity contribution in [1.29, 1.82) is 0 Å². The van der Waals surface area contributed by atoms with E-state index in [4.69, 9.17) is 5.73 Å². The van der Waals surface area contributed by atoms with Crippen LogP contribution in [0.3, 0.4) is 0 Å². The first-order valence-corrected chi connectivity index (χ1v) is 7.66. The summed E-state index contributed by atoms with van der Waals surface area (Å²) in [6.45, 7) is 8.31. The van der Waals surface area contributed by atoms with Crippen LogP contribution in [0.5, 0.6) is 0 Å². The molecule has 110 valence electrons. The van der Waals surface area contributed by atoms with Crippen LogP contribution in [0.1, 0.15) is 40.0 Å². The number of hydrogen-bond donors (Lipinski definition) is 1. The summed E-state index contributed by atoms with van der Waals surface area (Å²) in [6.07, 6.45) is 3.13. The highest BCUT2D eigenvalue weighted by Crippen LogP contribution is 2.30. The maximum Gasteiger partial charge on any atom is 0.227 e. The Morgan fingerprint density at radius 2 is 1.68 bits per heavy atom. The van der Waals surface area contributed by atoms with Crippen LogP contribution < -0.4 is 5.73 Å². The molecule has 1 aliphatic carbocycles. The van der Waals surface area contributed by atoms with E-state index >= 15 is 0 Å². The van der Waals surface area contributed by atoms with E-state index in [1.54, 1.807) is 0 Å². The molecule has 2 N–H and O–H groups in total. The molecule has 0 bridgehead atoms. The second-order valence-electron chi connectivity index (χ2n) is 6.80. The fourth-order valence-corrected chi connectivity index (χ4v) is 3.51. The number of carbonyl (C=O) groups excluding carboxylic acids is 1. The summed E-state index contributed by atoms with van der Waals surface area (Å²) in [6, 6.07) is 0.934. The fourth-order valence-electron chi connectivity index (χ4n) is 3.51. The van der Waals surface area contributed by atoms with Gasteiger partial charge < -0.3 is 10.6 Å². The fraction of sp³-hybridized carbons (Fsp3) is 0.933. The Morgan fingerprint density at radius 1 is 1.11 bits per heavy atom. The smallest absolute Gasteiger partial charge is 0.227 e. The maximum atomic E-state index is 12.7. The Hall–Kier alpha value is -0.610. The van der Waals surface area contributed by atoms with Crippen molar-refractivity contribution in [1.82, 2.24) is 9.80 Å². The molecule has 2 aliphatic rings. The number of nitrogens with zero attached hydrogens (tertiary/aromatic N) is 2. The summed E-state index contributed by atoms with van der Waals surface area (Å²) < 4.78 is 0. The van der Waals surface area contributed by atoms with Crippen molar-refractivity contribution in [3.8, 4) is 0 Å². The molecule has 5 unspecified atom stereocenters. The molecule has 1 saturated carbocycles. The predicted molar refractivity (Wildman–Crippen MR) is 77.7 cm³/mol. The van der Waals surface area contributed by atoms with Gasteiger partial charge in [-0.05, 0) is 46.1 Å². The third kappa shape index (κ3) is 3.11. The van der Waals surface area contributed by atoms with Crippen LogP contribution in [0.4, 0.5) is 0 Å². The lowest BCUT2D eigenvalue weighted by Crippen LogP contribution is -2.59. The summed E-state index contributed by atoms with van der Waals surface area (Å²) in [5, 5.41) is 0. The highest BCUT2D eigenvalue weighted by molar-refractivity contribution is 5.80. The predicted octanol–water partition coefficient (Wildman–Crippen LogP) is 1.30. The van der Waals surface area contributed by atoms with Gasteiger partial charge in [-0.25, -0.2) is 0 Å². The number of hydrogen-bond acceptors (Lipinski definition) is 3. The highest BCUT2D eigenvalue weighted by Gasteiger charge is 2.37. The molecule has 4 nitrogen and oxygen atoms in total. The standard InChI is InChI=1S/C15H29N3O/c1-10-5-6-14(16)13(7-10)15(19)18-8-11(2)17(4)12(3)9-18/h10-14H,5-9,16H2,1-4H3. The van der Waals surface area contributed by atoms with Crippen LogP contribution >= 0.6 is 0 Å². The van der Waals surface area contributed by atoms with E-state index in [9.17, 15) is 4.79 Å². The molecule has 0 radical (unpaired) electrons. The van der Waals surface area contributed by atoms with Gasteiger partial charge in [0.25, 0.3) is 0 Å². The van der Waals surface area contributed by atoms with E-state index in [2.05, 4.69) is 37.6 Å². The molecule has 4 heteroatoms. The van der Waals surface area contributed by atoms with Crippen LogP contribution in [0, 0.1) is 11.8 Å². The van der Waals surface area contributed by atoms with Crippen LogP contribution in [0.2, 0.25) is 0 Å². The quantitative estimate of drug-likeness (QED) is 0.779. The molecular weight excluding hydrogens is 238 g/mol. The van der Waals surface area contributed by atoms with Crippen molar-refractivity contribution < 1.29 is 4.79 Å². The third-order valence-corrected chi connectivity index (χ3v) is 5.15. The lowest BCUT2D eigenvalue weighted by atomic mass is 9.78. The highest BCUT2D eigenvalue weighted by atomic mass is 16.2. The SMILES string of the molecule is CC1CCC(N)C(C(=O)N2CC(C)N(C)C(C)C2)C1. The second-order valence-corrected chi connectivity index (χ2v) is 6.80. The molecule has 0 aromatic rings. The normalized spacial score (nSPS) is 41.3. The minimum absolute atomic E-state index is 0.0477.